The molecule has 4 nitrogen and oxygen atoms in total. The third-order valence-electron chi connectivity index (χ3n) is 2.61. The van der Waals surface area contributed by atoms with E-state index in [4.69, 9.17) is 11.6 Å². The van der Waals surface area contributed by atoms with Crippen LogP contribution in [0.4, 0.5) is 5.69 Å². The summed E-state index contributed by atoms with van der Waals surface area (Å²) in [7, 11) is 0. The average molecular weight is 390 g/mol. The summed E-state index contributed by atoms with van der Waals surface area (Å²) >= 11 is 8.03. The summed E-state index contributed by atoms with van der Waals surface area (Å²) in [4.78, 5) is 12.2. The van der Waals surface area contributed by atoms with Crippen LogP contribution in [0, 0.1) is 10.5 Å². The van der Waals surface area contributed by atoms with E-state index in [1.165, 1.54) is 0 Å². The van der Waals surface area contributed by atoms with Crippen molar-refractivity contribution in [3.05, 3.63) is 44.2 Å². The smallest absolute Gasteiger partial charge is 0.273 e. The first-order chi connectivity index (χ1) is 9.01. The first kappa shape index (κ1) is 14.3. The van der Waals surface area contributed by atoms with Gasteiger partial charge in [-0.25, -0.2) is 0 Å². The Bertz CT molecular complexity index is 624. The predicted octanol–water partition coefficient (Wildman–Crippen LogP) is 3.72. The molecule has 0 radical (unpaired) electrons. The number of anilines is 1. The number of rotatable bonds is 3. The van der Waals surface area contributed by atoms with Gasteiger partial charge in [-0.3, -0.25) is 9.48 Å². The second-order valence-corrected chi connectivity index (χ2v) is 5.66. The molecule has 6 heteroatoms. The van der Waals surface area contributed by atoms with E-state index in [-0.39, 0.29) is 5.91 Å². The number of carbonyl (C=O) groups excluding carboxylic acids is 1. The summed E-state index contributed by atoms with van der Waals surface area (Å²) in [5.74, 6) is -0.164. The highest BCUT2D eigenvalue weighted by Gasteiger charge is 2.14. The Morgan fingerprint density at radius 2 is 2.21 bits per heavy atom. The largest absolute Gasteiger partial charge is 0.320 e. The first-order valence-corrected chi connectivity index (χ1v) is 7.27. The minimum absolute atomic E-state index is 0.164. The summed E-state index contributed by atoms with van der Waals surface area (Å²) in [5.41, 5.74) is 2.14. The van der Waals surface area contributed by atoms with Gasteiger partial charge < -0.3 is 5.32 Å². The van der Waals surface area contributed by atoms with E-state index in [1.807, 2.05) is 13.8 Å². The molecule has 2 rings (SSSR count). The van der Waals surface area contributed by atoms with Crippen molar-refractivity contribution >= 4 is 45.8 Å². The zero-order valence-corrected chi connectivity index (χ0v) is 13.5. The molecule has 0 aliphatic rings. The van der Waals surface area contributed by atoms with Crippen LogP contribution in [0.1, 0.15) is 23.1 Å². The predicted molar refractivity (Wildman–Crippen MR) is 84.8 cm³/mol. The minimum Gasteiger partial charge on any atom is -0.320 e. The van der Waals surface area contributed by atoms with Gasteiger partial charge in [0.1, 0.15) is 5.69 Å². The van der Waals surface area contributed by atoms with Crippen LogP contribution in [0.25, 0.3) is 0 Å². The second kappa shape index (κ2) is 5.92. The number of carbonyl (C=O) groups is 1. The molecule has 0 spiro atoms. The molecule has 0 unspecified atom stereocenters. The number of aromatic nitrogens is 2. The Kier molecular flexibility index (Phi) is 4.46. The van der Waals surface area contributed by atoms with E-state index < -0.39 is 0 Å². The van der Waals surface area contributed by atoms with Crippen molar-refractivity contribution in [2.24, 2.45) is 0 Å². The van der Waals surface area contributed by atoms with Gasteiger partial charge in [0.15, 0.2) is 0 Å². The maximum Gasteiger partial charge on any atom is 0.273 e. The molecule has 1 aromatic carbocycles. The second-order valence-electron chi connectivity index (χ2n) is 4.07. The molecule has 0 aliphatic heterocycles. The van der Waals surface area contributed by atoms with Crippen LogP contribution < -0.4 is 5.32 Å². The molecule has 0 fully saturated rings. The Labute approximate surface area is 130 Å². The molecule has 100 valence electrons. The highest BCUT2D eigenvalue weighted by atomic mass is 127. The Hall–Kier alpha value is -1.08. The molecule has 1 aromatic heterocycles. The normalized spacial score (nSPS) is 10.5. The Balaban J connectivity index is 2.25. The molecule has 1 heterocycles. The molecule has 1 amide bonds. The van der Waals surface area contributed by atoms with Gasteiger partial charge in [0.05, 0.1) is 11.4 Å². The maximum atomic E-state index is 12.2. The lowest BCUT2D eigenvalue weighted by atomic mass is 10.3. The number of hydrogen-bond donors (Lipinski definition) is 1. The molecule has 0 aliphatic carbocycles. The molecule has 0 saturated heterocycles. The van der Waals surface area contributed by atoms with Crippen LogP contribution in [0.15, 0.2) is 24.3 Å². The highest BCUT2D eigenvalue weighted by molar-refractivity contribution is 14.1. The van der Waals surface area contributed by atoms with E-state index >= 15 is 0 Å². The van der Waals surface area contributed by atoms with Gasteiger partial charge in [-0.05, 0) is 60.7 Å². The average Bonchev–Trinajstić information content (AvgIpc) is 2.74. The molecule has 1 N–H and O–H groups in total. The van der Waals surface area contributed by atoms with Crippen molar-refractivity contribution in [2.45, 2.75) is 20.4 Å². The van der Waals surface area contributed by atoms with Crippen molar-refractivity contribution in [2.75, 3.05) is 5.32 Å². The topological polar surface area (TPSA) is 46.9 Å². The standard InChI is InChI=1S/C13H13ClIN3O/c1-3-18-12(6-8(2)17-18)13(19)16-11-5-4-9(14)7-10(11)15/h4-7H,3H2,1-2H3,(H,16,19). The summed E-state index contributed by atoms with van der Waals surface area (Å²) in [6.07, 6.45) is 0. The lowest BCUT2D eigenvalue weighted by molar-refractivity contribution is 0.101. The highest BCUT2D eigenvalue weighted by Crippen LogP contribution is 2.22. The fraction of sp³-hybridized carbons (Fsp3) is 0.231. The van der Waals surface area contributed by atoms with E-state index in [1.54, 1.807) is 28.9 Å². The fourth-order valence-corrected chi connectivity index (χ4v) is 2.75. The quantitative estimate of drug-likeness (QED) is 0.813. The van der Waals surface area contributed by atoms with Gasteiger partial charge >= 0.3 is 0 Å². The lowest BCUT2D eigenvalue weighted by Crippen LogP contribution is -2.17. The number of aryl methyl sites for hydroxylation is 2. The van der Waals surface area contributed by atoms with Gasteiger partial charge in [-0.1, -0.05) is 11.6 Å². The maximum absolute atomic E-state index is 12.2. The van der Waals surface area contributed by atoms with Gasteiger partial charge in [0.25, 0.3) is 5.91 Å². The van der Waals surface area contributed by atoms with Crippen molar-refractivity contribution in [3.8, 4) is 0 Å². The van der Waals surface area contributed by atoms with Crippen LogP contribution >= 0.6 is 34.2 Å². The zero-order chi connectivity index (χ0) is 14.0. The molecular formula is C13H13ClIN3O. The van der Waals surface area contributed by atoms with Gasteiger partial charge in [-0.2, -0.15) is 5.10 Å². The van der Waals surface area contributed by atoms with Crippen LogP contribution in [-0.2, 0) is 6.54 Å². The van der Waals surface area contributed by atoms with Crippen molar-refractivity contribution in [1.82, 2.24) is 9.78 Å². The van der Waals surface area contributed by atoms with Crippen LogP contribution in [0.3, 0.4) is 0 Å². The van der Waals surface area contributed by atoms with E-state index in [0.717, 1.165) is 15.0 Å². The van der Waals surface area contributed by atoms with E-state index in [2.05, 4.69) is 33.0 Å². The Morgan fingerprint density at radius 3 is 2.84 bits per heavy atom. The van der Waals surface area contributed by atoms with E-state index in [0.29, 0.717) is 17.3 Å². The lowest BCUT2D eigenvalue weighted by Gasteiger charge is -2.08. The zero-order valence-electron chi connectivity index (χ0n) is 10.6. The fourth-order valence-electron chi connectivity index (χ4n) is 1.75. The molecule has 0 bridgehead atoms. The van der Waals surface area contributed by atoms with Gasteiger partial charge in [0, 0.05) is 15.1 Å². The van der Waals surface area contributed by atoms with E-state index in [9.17, 15) is 4.79 Å². The SMILES string of the molecule is CCn1nc(C)cc1C(=O)Nc1ccc(Cl)cc1I. The third kappa shape index (κ3) is 3.27. The van der Waals surface area contributed by atoms with Crippen LogP contribution in [0.5, 0.6) is 0 Å². The molecule has 2 aromatic rings. The molecule has 19 heavy (non-hydrogen) atoms. The number of nitrogens with zero attached hydrogens (tertiary/aromatic N) is 2. The number of nitrogens with one attached hydrogen (secondary N) is 1. The van der Waals surface area contributed by atoms with Gasteiger partial charge in [0.2, 0.25) is 0 Å². The monoisotopic (exact) mass is 389 g/mol. The summed E-state index contributed by atoms with van der Waals surface area (Å²) in [6.45, 7) is 4.48. The number of amides is 1. The number of hydrogen-bond acceptors (Lipinski definition) is 2. The van der Waals surface area contributed by atoms with Crippen LogP contribution in [-0.4, -0.2) is 15.7 Å². The summed E-state index contributed by atoms with van der Waals surface area (Å²) in [6, 6.07) is 7.13. The van der Waals surface area contributed by atoms with Gasteiger partial charge in [-0.15, -0.1) is 0 Å². The molecule has 0 atom stereocenters. The summed E-state index contributed by atoms with van der Waals surface area (Å²) in [5, 5.41) is 7.79. The minimum atomic E-state index is -0.164. The molecular weight excluding hydrogens is 377 g/mol. The first-order valence-electron chi connectivity index (χ1n) is 5.82. The van der Waals surface area contributed by atoms with Crippen molar-refractivity contribution in [1.29, 1.82) is 0 Å². The number of halogens is 2. The van der Waals surface area contributed by atoms with Crippen LogP contribution in [0.2, 0.25) is 5.02 Å². The van der Waals surface area contributed by atoms with Crippen molar-refractivity contribution in [3.63, 3.8) is 0 Å². The molecule has 0 saturated carbocycles. The summed E-state index contributed by atoms with van der Waals surface area (Å²) < 4.78 is 2.59. The number of benzene rings is 1. The Morgan fingerprint density at radius 1 is 1.47 bits per heavy atom. The third-order valence-corrected chi connectivity index (χ3v) is 3.74. The van der Waals surface area contributed by atoms with Crippen molar-refractivity contribution < 1.29 is 4.79 Å².